The largest absolute Gasteiger partial charge is 0.385 e. The lowest BCUT2D eigenvalue weighted by Crippen LogP contribution is -2.22. The van der Waals surface area contributed by atoms with E-state index < -0.39 is 0 Å². The minimum Gasteiger partial charge on any atom is -0.385 e. The van der Waals surface area contributed by atoms with Gasteiger partial charge in [0.05, 0.1) is 0 Å². The second-order valence-corrected chi connectivity index (χ2v) is 5.98. The molecule has 0 bridgehead atoms. The Hall–Kier alpha value is -0.510. The highest BCUT2D eigenvalue weighted by Gasteiger charge is 2.04. The molecule has 0 spiro atoms. The molecule has 0 radical (unpaired) electrons. The molecule has 0 atom stereocenters. The molecule has 0 aliphatic carbocycles. The van der Waals surface area contributed by atoms with Gasteiger partial charge in [0.25, 0.3) is 0 Å². The van der Waals surface area contributed by atoms with E-state index in [2.05, 4.69) is 44.3 Å². The van der Waals surface area contributed by atoms with Gasteiger partial charge < -0.3 is 10.1 Å². The second kappa shape index (κ2) is 8.57. The summed E-state index contributed by atoms with van der Waals surface area (Å²) in [5.41, 5.74) is 2.74. The topological polar surface area (TPSA) is 21.3 Å². The lowest BCUT2D eigenvalue weighted by atomic mass is 10.1. The fraction of sp³-hybridized carbons (Fsp3) is 0.600. The van der Waals surface area contributed by atoms with E-state index in [0.29, 0.717) is 6.04 Å². The molecule has 0 aliphatic heterocycles. The molecule has 0 fully saturated rings. The van der Waals surface area contributed by atoms with E-state index in [9.17, 15) is 0 Å². The molecule has 102 valence electrons. The van der Waals surface area contributed by atoms with Crippen molar-refractivity contribution in [2.24, 2.45) is 0 Å². The highest BCUT2D eigenvalue weighted by molar-refractivity contribution is 7.99. The van der Waals surface area contributed by atoms with E-state index in [0.717, 1.165) is 25.3 Å². The van der Waals surface area contributed by atoms with Crippen LogP contribution in [0.5, 0.6) is 0 Å². The van der Waals surface area contributed by atoms with Crippen molar-refractivity contribution in [3.05, 3.63) is 29.3 Å². The molecule has 1 N–H and O–H groups in total. The Morgan fingerprint density at radius 3 is 2.78 bits per heavy atom. The van der Waals surface area contributed by atoms with E-state index in [1.807, 2.05) is 11.8 Å². The Morgan fingerprint density at radius 1 is 1.33 bits per heavy atom. The van der Waals surface area contributed by atoms with Crippen molar-refractivity contribution in [3.8, 4) is 0 Å². The molecule has 0 saturated heterocycles. The molecule has 0 amide bonds. The number of benzene rings is 1. The van der Waals surface area contributed by atoms with Gasteiger partial charge in [0.15, 0.2) is 0 Å². The molecule has 0 aliphatic rings. The van der Waals surface area contributed by atoms with Gasteiger partial charge in [-0.15, -0.1) is 11.8 Å². The highest BCUT2D eigenvalue weighted by atomic mass is 32.2. The summed E-state index contributed by atoms with van der Waals surface area (Å²) in [5, 5.41) is 3.49. The van der Waals surface area contributed by atoms with Crippen molar-refractivity contribution < 1.29 is 4.74 Å². The van der Waals surface area contributed by atoms with Crippen LogP contribution >= 0.6 is 11.8 Å². The number of hydrogen-bond donors (Lipinski definition) is 1. The molecule has 0 unspecified atom stereocenters. The molecule has 0 saturated carbocycles. The van der Waals surface area contributed by atoms with E-state index >= 15 is 0 Å². The number of thioether (sulfide) groups is 1. The van der Waals surface area contributed by atoms with Crippen LogP contribution < -0.4 is 5.32 Å². The van der Waals surface area contributed by atoms with Crippen molar-refractivity contribution in [2.45, 2.75) is 44.7 Å². The van der Waals surface area contributed by atoms with Crippen molar-refractivity contribution >= 4 is 11.8 Å². The Kier molecular flexibility index (Phi) is 7.40. The summed E-state index contributed by atoms with van der Waals surface area (Å²) in [6.07, 6.45) is 1.10. The second-order valence-electron chi connectivity index (χ2n) is 4.84. The number of nitrogens with one attached hydrogen (secondary N) is 1. The third-order valence-corrected chi connectivity index (χ3v) is 3.87. The number of hydrogen-bond acceptors (Lipinski definition) is 3. The van der Waals surface area contributed by atoms with Crippen LogP contribution in [0.1, 0.15) is 31.4 Å². The first kappa shape index (κ1) is 15.5. The minimum absolute atomic E-state index is 0.525. The summed E-state index contributed by atoms with van der Waals surface area (Å²) in [6.45, 7) is 8.31. The van der Waals surface area contributed by atoms with Crippen LogP contribution in [0.15, 0.2) is 23.1 Å². The first-order chi connectivity index (χ1) is 8.63. The van der Waals surface area contributed by atoms with Crippen molar-refractivity contribution in [1.82, 2.24) is 5.32 Å². The lowest BCUT2D eigenvalue weighted by molar-refractivity contribution is 0.200. The molecular weight excluding hydrogens is 242 g/mol. The predicted molar refractivity (Wildman–Crippen MR) is 80.4 cm³/mol. The average molecular weight is 267 g/mol. The lowest BCUT2D eigenvalue weighted by Gasteiger charge is -2.13. The molecule has 3 heteroatoms. The van der Waals surface area contributed by atoms with Crippen molar-refractivity contribution in [2.75, 3.05) is 19.5 Å². The van der Waals surface area contributed by atoms with Gasteiger partial charge in [0.1, 0.15) is 0 Å². The van der Waals surface area contributed by atoms with Gasteiger partial charge >= 0.3 is 0 Å². The van der Waals surface area contributed by atoms with E-state index in [4.69, 9.17) is 4.74 Å². The summed E-state index contributed by atoms with van der Waals surface area (Å²) >= 11 is 1.93. The van der Waals surface area contributed by atoms with E-state index in [-0.39, 0.29) is 0 Å². The Morgan fingerprint density at radius 2 is 2.11 bits per heavy atom. The number of methoxy groups -OCH3 is 1. The van der Waals surface area contributed by atoms with Gasteiger partial charge in [-0.25, -0.2) is 0 Å². The molecule has 1 aromatic rings. The highest BCUT2D eigenvalue weighted by Crippen LogP contribution is 2.24. The Balaban J connectivity index is 2.58. The van der Waals surface area contributed by atoms with Crippen LogP contribution in [0.25, 0.3) is 0 Å². The maximum absolute atomic E-state index is 5.08. The summed E-state index contributed by atoms with van der Waals surface area (Å²) in [5.74, 6) is 1.12. The van der Waals surface area contributed by atoms with E-state index in [1.165, 1.54) is 16.0 Å². The third-order valence-electron chi connectivity index (χ3n) is 2.67. The predicted octanol–water partition coefficient (Wildman–Crippen LogP) is 3.62. The Bertz CT molecular complexity index is 352. The van der Waals surface area contributed by atoms with Gasteiger partial charge in [-0.05, 0) is 25.0 Å². The standard InChI is InChI=1S/C15H25NOS/c1-12(2)16-11-14-10-13(3)6-7-15(14)18-9-5-8-17-4/h6-7,10,12,16H,5,8-9,11H2,1-4H3. The number of ether oxygens (including phenoxy) is 1. The summed E-state index contributed by atoms with van der Waals surface area (Å²) < 4.78 is 5.08. The molecule has 1 aromatic carbocycles. The summed E-state index contributed by atoms with van der Waals surface area (Å²) in [6, 6.07) is 7.24. The normalized spacial score (nSPS) is 11.2. The van der Waals surface area contributed by atoms with Crippen LogP contribution in [0.4, 0.5) is 0 Å². The summed E-state index contributed by atoms with van der Waals surface area (Å²) in [7, 11) is 1.76. The van der Waals surface area contributed by atoms with Crippen molar-refractivity contribution in [3.63, 3.8) is 0 Å². The maximum Gasteiger partial charge on any atom is 0.0470 e. The van der Waals surface area contributed by atoms with Crippen LogP contribution in [0.2, 0.25) is 0 Å². The van der Waals surface area contributed by atoms with Crippen LogP contribution in [-0.4, -0.2) is 25.5 Å². The average Bonchev–Trinajstić information content (AvgIpc) is 2.34. The monoisotopic (exact) mass is 267 g/mol. The first-order valence-corrected chi connectivity index (χ1v) is 7.56. The molecule has 0 heterocycles. The fourth-order valence-electron chi connectivity index (χ4n) is 1.69. The summed E-state index contributed by atoms with van der Waals surface area (Å²) in [4.78, 5) is 1.39. The van der Waals surface area contributed by atoms with Crippen LogP contribution in [-0.2, 0) is 11.3 Å². The number of rotatable bonds is 8. The van der Waals surface area contributed by atoms with Gasteiger partial charge in [0, 0.05) is 37.0 Å². The van der Waals surface area contributed by atoms with Gasteiger partial charge in [-0.2, -0.15) is 0 Å². The zero-order chi connectivity index (χ0) is 13.4. The number of aryl methyl sites for hydroxylation is 1. The van der Waals surface area contributed by atoms with Crippen LogP contribution in [0, 0.1) is 6.92 Å². The van der Waals surface area contributed by atoms with Gasteiger partial charge in [-0.1, -0.05) is 31.5 Å². The van der Waals surface area contributed by atoms with E-state index in [1.54, 1.807) is 7.11 Å². The van der Waals surface area contributed by atoms with Crippen LogP contribution in [0.3, 0.4) is 0 Å². The zero-order valence-electron chi connectivity index (χ0n) is 12.0. The third kappa shape index (κ3) is 5.89. The molecule has 18 heavy (non-hydrogen) atoms. The SMILES string of the molecule is COCCCSc1ccc(C)cc1CNC(C)C. The molecule has 0 aromatic heterocycles. The smallest absolute Gasteiger partial charge is 0.0470 e. The molecular formula is C15H25NOS. The van der Waals surface area contributed by atoms with Crippen molar-refractivity contribution in [1.29, 1.82) is 0 Å². The van der Waals surface area contributed by atoms with Gasteiger partial charge in [-0.3, -0.25) is 0 Å². The first-order valence-electron chi connectivity index (χ1n) is 6.58. The fourth-order valence-corrected chi connectivity index (χ4v) is 2.65. The quantitative estimate of drug-likeness (QED) is 0.574. The maximum atomic E-state index is 5.08. The molecule has 2 nitrogen and oxygen atoms in total. The molecule has 1 rings (SSSR count). The Labute approximate surface area is 116 Å². The zero-order valence-corrected chi connectivity index (χ0v) is 12.8. The van der Waals surface area contributed by atoms with Gasteiger partial charge in [0.2, 0.25) is 0 Å². The minimum atomic E-state index is 0.525.